The van der Waals surface area contributed by atoms with Crippen molar-refractivity contribution >= 4 is 28.4 Å². The summed E-state index contributed by atoms with van der Waals surface area (Å²) in [5.41, 5.74) is 1.15. The summed E-state index contributed by atoms with van der Waals surface area (Å²) in [5.74, 6) is -0.824. The van der Waals surface area contributed by atoms with Crippen LogP contribution in [0.1, 0.15) is 38.1 Å². The molecule has 130 valence electrons. The van der Waals surface area contributed by atoms with Crippen LogP contribution in [0, 0.1) is 0 Å². The van der Waals surface area contributed by atoms with E-state index >= 15 is 0 Å². The molecule has 2 amide bonds. The number of hydrogen-bond donors (Lipinski definition) is 1. The van der Waals surface area contributed by atoms with Crippen molar-refractivity contribution in [2.24, 2.45) is 0 Å². The van der Waals surface area contributed by atoms with E-state index in [1.807, 2.05) is 12.1 Å². The number of benzene rings is 1. The van der Waals surface area contributed by atoms with E-state index in [2.05, 4.69) is 20.5 Å². The highest BCUT2D eigenvalue weighted by atomic mass is 16.2. The second kappa shape index (κ2) is 6.27. The lowest BCUT2D eigenvalue weighted by atomic mass is 10.1. The smallest absolute Gasteiger partial charge is 0.278 e. The van der Waals surface area contributed by atoms with Crippen molar-refractivity contribution in [1.82, 2.24) is 20.3 Å². The third kappa shape index (κ3) is 2.88. The van der Waals surface area contributed by atoms with E-state index < -0.39 is 11.9 Å². The third-order valence-electron chi connectivity index (χ3n) is 4.89. The van der Waals surface area contributed by atoms with Crippen LogP contribution >= 0.6 is 0 Å². The predicted octanol–water partition coefficient (Wildman–Crippen LogP) is 0.759. The molecule has 4 rings (SSSR count). The number of nitrogens with one attached hydrogen (secondary N) is 1. The van der Waals surface area contributed by atoms with Gasteiger partial charge in [-0.3, -0.25) is 19.7 Å². The quantitative estimate of drug-likeness (QED) is 0.810. The van der Waals surface area contributed by atoms with Crippen molar-refractivity contribution in [3.05, 3.63) is 28.6 Å². The van der Waals surface area contributed by atoms with E-state index in [9.17, 15) is 14.4 Å². The summed E-state index contributed by atoms with van der Waals surface area (Å²) in [7, 11) is 0. The van der Waals surface area contributed by atoms with Gasteiger partial charge in [-0.2, -0.15) is 4.68 Å². The van der Waals surface area contributed by atoms with Crippen LogP contribution < -0.4 is 15.8 Å². The number of imide groups is 1. The minimum atomic E-state index is -0.791. The second-order valence-corrected chi connectivity index (χ2v) is 6.56. The van der Waals surface area contributed by atoms with Crippen molar-refractivity contribution < 1.29 is 9.59 Å². The molecule has 1 atom stereocenters. The molecule has 2 fully saturated rings. The van der Waals surface area contributed by atoms with Crippen LogP contribution in [0.3, 0.4) is 0 Å². The molecule has 3 heterocycles. The Morgan fingerprint density at radius 2 is 1.88 bits per heavy atom. The first-order valence-electron chi connectivity index (χ1n) is 8.61. The maximum Gasteiger partial charge on any atom is 0.278 e. The molecule has 0 saturated carbocycles. The second-order valence-electron chi connectivity index (χ2n) is 6.56. The van der Waals surface area contributed by atoms with E-state index in [0.29, 0.717) is 10.9 Å². The molecule has 2 saturated heterocycles. The molecule has 2 aliphatic rings. The molecule has 2 aliphatic heterocycles. The van der Waals surface area contributed by atoms with Gasteiger partial charge in [0.05, 0.1) is 5.39 Å². The molecule has 1 aromatic heterocycles. The lowest BCUT2D eigenvalue weighted by Gasteiger charge is -2.29. The summed E-state index contributed by atoms with van der Waals surface area (Å²) < 4.78 is 1.10. The van der Waals surface area contributed by atoms with Crippen LogP contribution in [0.2, 0.25) is 0 Å². The minimum Gasteiger partial charge on any atom is -0.372 e. The number of rotatable bonds is 2. The average Bonchev–Trinajstić information content (AvgIpc) is 2.63. The van der Waals surface area contributed by atoms with E-state index in [1.54, 1.807) is 6.07 Å². The zero-order valence-electron chi connectivity index (χ0n) is 13.8. The zero-order valence-corrected chi connectivity index (χ0v) is 13.8. The van der Waals surface area contributed by atoms with E-state index in [0.717, 1.165) is 36.3 Å². The van der Waals surface area contributed by atoms with Crippen LogP contribution in [0.4, 0.5) is 5.69 Å². The largest absolute Gasteiger partial charge is 0.372 e. The number of piperidine rings is 2. The van der Waals surface area contributed by atoms with Gasteiger partial charge in [0.25, 0.3) is 11.5 Å². The van der Waals surface area contributed by atoms with Gasteiger partial charge in [-0.15, -0.1) is 5.10 Å². The first kappa shape index (κ1) is 15.7. The fraction of sp³-hybridized carbons (Fsp3) is 0.471. The Balaban J connectivity index is 1.74. The Morgan fingerprint density at radius 3 is 2.64 bits per heavy atom. The van der Waals surface area contributed by atoms with Crippen LogP contribution in [-0.2, 0) is 9.59 Å². The monoisotopic (exact) mass is 341 g/mol. The SMILES string of the molecule is O=C1CCC(n2nnc3ccc(N4CCCCC4)cc3c2=O)C(=O)N1. The summed E-state index contributed by atoms with van der Waals surface area (Å²) in [4.78, 5) is 38.5. The van der Waals surface area contributed by atoms with Gasteiger partial charge in [0.15, 0.2) is 0 Å². The highest BCUT2D eigenvalue weighted by Crippen LogP contribution is 2.23. The number of nitrogens with zero attached hydrogens (tertiary/aromatic N) is 4. The molecular weight excluding hydrogens is 322 g/mol. The molecule has 0 bridgehead atoms. The number of amides is 2. The van der Waals surface area contributed by atoms with Crippen LogP contribution in [0.15, 0.2) is 23.0 Å². The zero-order chi connectivity index (χ0) is 17.4. The van der Waals surface area contributed by atoms with Gasteiger partial charge in [-0.05, 0) is 43.9 Å². The maximum atomic E-state index is 12.9. The van der Waals surface area contributed by atoms with Gasteiger partial charge >= 0.3 is 0 Å². The van der Waals surface area contributed by atoms with Gasteiger partial charge < -0.3 is 4.90 Å². The number of hydrogen-bond acceptors (Lipinski definition) is 6. The molecule has 1 N–H and O–H groups in total. The summed E-state index contributed by atoms with van der Waals surface area (Å²) in [6, 6.07) is 4.79. The lowest BCUT2D eigenvalue weighted by Crippen LogP contribution is -2.45. The Bertz CT molecular complexity index is 901. The first-order chi connectivity index (χ1) is 12.1. The molecule has 8 nitrogen and oxygen atoms in total. The van der Waals surface area contributed by atoms with Crippen LogP contribution in [0.5, 0.6) is 0 Å². The van der Waals surface area contributed by atoms with Crippen LogP contribution in [-0.4, -0.2) is 39.9 Å². The number of carbonyl (C=O) groups excluding carboxylic acids is 2. The number of aromatic nitrogens is 3. The summed E-state index contributed by atoms with van der Waals surface area (Å²) in [5, 5.41) is 10.7. The Labute approximate surface area is 143 Å². The Hall–Kier alpha value is -2.77. The Kier molecular flexibility index (Phi) is 3.95. The maximum absolute atomic E-state index is 12.9. The molecule has 25 heavy (non-hydrogen) atoms. The van der Waals surface area contributed by atoms with Crippen molar-refractivity contribution in [3.8, 4) is 0 Å². The van der Waals surface area contributed by atoms with E-state index in [-0.39, 0.29) is 24.3 Å². The summed E-state index contributed by atoms with van der Waals surface area (Å²) in [6.07, 6.45) is 3.98. The number of carbonyl (C=O) groups is 2. The molecular formula is C17H19N5O3. The van der Waals surface area contributed by atoms with Gasteiger partial charge in [0.1, 0.15) is 11.6 Å². The summed E-state index contributed by atoms with van der Waals surface area (Å²) in [6.45, 7) is 1.96. The molecule has 1 unspecified atom stereocenters. The van der Waals surface area contributed by atoms with Gasteiger partial charge in [0.2, 0.25) is 5.91 Å². The Morgan fingerprint density at radius 1 is 1.08 bits per heavy atom. The predicted molar refractivity (Wildman–Crippen MR) is 91.3 cm³/mol. The van der Waals surface area contributed by atoms with E-state index in [4.69, 9.17) is 0 Å². The fourth-order valence-electron chi connectivity index (χ4n) is 3.51. The number of anilines is 1. The average molecular weight is 341 g/mol. The molecule has 1 aromatic carbocycles. The lowest BCUT2D eigenvalue weighted by molar-refractivity contribution is -0.136. The normalized spacial score (nSPS) is 21.4. The molecule has 0 spiro atoms. The topological polar surface area (TPSA) is 97.2 Å². The number of fused-ring (bicyclic) bond motifs is 1. The van der Waals surface area contributed by atoms with Gasteiger partial charge in [0, 0.05) is 25.2 Å². The van der Waals surface area contributed by atoms with Crippen molar-refractivity contribution in [1.29, 1.82) is 0 Å². The molecule has 0 radical (unpaired) electrons. The minimum absolute atomic E-state index is 0.191. The molecule has 8 heteroatoms. The highest BCUT2D eigenvalue weighted by molar-refractivity contribution is 5.99. The van der Waals surface area contributed by atoms with Crippen LogP contribution in [0.25, 0.3) is 10.9 Å². The van der Waals surface area contributed by atoms with Crippen molar-refractivity contribution in [2.45, 2.75) is 38.1 Å². The summed E-state index contributed by atoms with van der Waals surface area (Å²) >= 11 is 0. The van der Waals surface area contributed by atoms with Crippen molar-refractivity contribution in [2.75, 3.05) is 18.0 Å². The third-order valence-corrected chi connectivity index (χ3v) is 4.89. The standard InChI is InChI=1S/C17H19N5O3/c23-15-7-6-14(16(24)18-15)22-17(25)12-10-11(4-5-13(12)19-20-22)21-8-2-1-3-9-21/h4-5,10,14H,1-3,6-9H2,(H,18,23,24). The van der Waals surface area contributed by atoms with Crippen molar-refractivity contribution in [3.63, 3.8) is 0 Å². The molecule has 2 aromatic rings. The van der Waals surface area contributed by atoms with Gasteiger partial charge in [-0.25, -0.2) is 0 Å². The fourth-order valence-corrected chi connectivity index (χ4v) is 3.51. The highest BCUT2D eigenvalue weighted by Gasteiger charge is 2.30. The first-order valence-corrected chi connectivity index (χ1v) is 8.61. The van der Waals surface area contributed by atoms with Gasteiger partial charge in [-0.1, -0.05) is 5.21 Å². The molecule has 0 aliphatic carbocycles. The van der Waals surface area contributed by atoms with E-state index in [1.165, 1.54) is 6.42 Å².